The van der Waals surface area contributed by atoms with Gasteiger partial charge in [0.25, 0.3) is 0 Å². The SMILES string of the molecule is CCC1(N2CCN(CCOC)CC2)CC1. The summed E-state index contributed by atoms with van der Waals surface area (Å²) in [4.78, 5) is 5.24. The molecule has 0 aromatic rings. The zero-order chi connectivity index (χ0) is 10.7. The molecule has 0 spiro atoms. The van der Waals surface area contributed by atoms with Crippen molar-refractivity contribution in [2.24, 2.45) is 0 Å². The first-order valence-corrected chi connectivity index (χ1v) is 6.27. The van der Waals surface area contributed by atoms with Crippen molar-refractivity contribution >= 4 is 0 Å². The molecule has 2 rings (SSSR count). The maximum Gasteiger partial charge on any atom is 0.0589 e. The van der Waals surface area contributed by atoms with Crippen molar-refractivity contribution in [2.45, 2.75) is 31.7 Å². The Morgan fingerprint density at radius 1 is 1.13 bits per heavy atom. The van der Waals surface area contributed by atoms with Gasteiger partial charge in [-0.1, -0.05) is 6.92 Å². The largest absolute Gasteiger partial charge is 0.383 e. The average molecular weight is 212 g/mol. The van der Waals surface area contributed by atoms with Gasteiger partial charge in [0.15, 0.2) is 0 Å². The summed E-state index contributed by atoms with van der Waals surface area (Å²) >= 11 is 0. The van der Waals surface area contributed by atoms with Crippen LogP contribution in [0.15, 0.2) is 0 Å². The maximum absolute atomic E-state index is 5.12. The molecule has 0 bridgehead atoms. The van der Waals surface area contributed by atoms with E-state index in [9.17, 15) is 0 Å². The van der Waals surface area contributed by atoms with E-state index >= 15 is 0 Å². The first-order valence-electron chi connectivity index (χ1n) is 6.27. The predicted molar refractivity (Wildman–Crippen MR) is 62.1 cm³/mol. The molecule has 0 atom stereocenters. The van der Waals surface area contributed by atoms with Crippen LogP contribution in [0.4, 0.5) is 0 Å². The highest BCUT2D eigenvalue weighted by atomic mass is 16.5. The summed E-state index contributed by atoms with van der Waals surface area (Å²) in [7, 11) is 1.78. The lowest BCUT2D eigenvalue weighted by atomic mass is 10.1. The Bertz CT molecular complexity index is 196. The molecule has 88 valence electrons. The number of hydrogen-bond acceptors (Lipinski definition) is 3. The molecule has 1 aliphatic carbocycles. The van der Waals surface area contributed by atoms with Gasteiger partial charge in [-0.15, -0.1) is 0 Å². The Hall–Kier alpha value is -0.120. The van der Waals surface area contributed by atoms with Gasteiger partial charge in [0, 0.05) is 45.4 Å². The molecule has 2 aliphatic rings. The van der Waals surface area contributed by atoms with Crippen LogP contribution in [-0.4, -0.2) is 61.8 Å². The second kappa shape index (κ2) is 4.81. The van der Waals surface area contributed by atoms with E-state index in [0.717, 1.165) is 13.2 Å². The second-order valence-corrected chi connectivity index (χ2v) is 4.90. The molecule has 0 radical (unpaired) electrons. The summed E-state index contributed by atoms with van der Waals surface area (Å²) in [5.41, 5.74) is 0.618. The fraction of sp³-hybridized carbons (Fsp3) is 1.00. The third-order valence-corrected chi connectivity index (χ3v) is 4.14. The lowest BCUT2D eigenvalue weighted by Crippen LogP contribution is -2.51. The van der Waals surface area contributed by atoms with E-state index in [-0.39, 0.29) is 0 Å². The standard InChI is InChI=1S/C12H24N2O/c1-3-12(4-5-12)14-8-6-13(7-9-14)10-11-15-2/h3-11H2,1-2H3. The number of nitrogens with zero attached hydrogens (tertiary/aromatic N) is 2. The van der Waals surface area contributed by atoms with Crippen LogP contribution in [0.25, 0.3) is 0 Å². The van der Waals surface area contributed by atoms with E-state index in [1.807, 2.05) is 0 Å². The van der Waals surface area contributed by atoms with Gasteiger partial charge in [-0.25, -0.2) is 0 Å². The van der Waals surface area contributed by atoms with Crippen LogP contribution in [0.5, 0.6) is 0 Å². The van der Waals surface area contributed by atoms with E-state index in [1.54, 1.807) is 7.11 Å². The van der Waals surface area contributed by atoms with Gasteiger partial charge in [0.2, 0.25) is 0 Å². The van der Waals surface area contributed by atoms with Gasteiger partial charge in [-0.2, -0.15) is 0 Å². The molecular weight excluding hydrogens is 188 g/mol. The summed E-state index contributed by atoms with van der Waals surface area (Å²) in [5, 5.41) is 0. The molecule has 2 fully saturated rings. The molecule has 1 aliphatic heterocycles. The predicted octanol–water partition coefficient (Wildman–Crippen LogP) is 1.19. The van der Waals surface area contributed by atoms with Crippen LogP contribution in [0.3, 0.4) is 0 Å². The molecule has 15 heavy (non-hydrogen) atoms. The van der Waals surface area contributed by atoms with Crippen LogP contribution in [0.1, 0.15) is 26.2 Å². The summed E-state index contributed by atoms with van der Waals surface area (Å²) in [6, 6.07) is 0. The third-order valence-electron chi connectivity index (χ3n) is 4.14. The number of methoxy groups -OCH3 is 1. The van der Waals surface area contributed by atoms with Gasteiger partial charge in [0.05, 0.1) is 6.61 Å². The molecular formula is C12H24N2O. The Labute approximate surface area is 93.4 Å². The van der Waals surface area contributed by atoms with Crippen molar-refractivity contribution in [3.05, 3.63) is 0 Å². The zero-order valence-corrected chi connectivity index (χ0v) is 10.2. The van der Waals surface area contributed by atoms with Crippen LogP contribution in [0, 0.1) is 0 Å². The Kier molecular flexibility index (Phi) is 3.65. The minimum absolute atomic E-state index is 0.618. The van der Waals surface area contributed by atoms with Crippen molar-refractivity contribution in [3.8, 4) is 0 Å². The van der Waals surface area contributed by atoms with Crippen molar-refractivity contribution < 1.29 is 4.74 Å². The third kappa shape index (κ3) is 2.52. The molecule has 0 amide bonds. The minimum Gasteiger partial charge on any atom is -0.383 e. The lowest BCUT2D eigenvalue weighted by molar-refractivity contribution is 0.0650. The summed E-state index contributed by atoms with van der Waals surface area (Å²) in [5.74, 6) is 0. The van der Waals surface area contributed by atoms with Gasteiger partial charge in [-0.3, -0.25) is 9.80 Å². The highest BCUT2D eigenvalue weighted by Crippen LogP contribution is 2.44. The molecule has 1 saturated carbocycles. The van der Waals surface area contributed by atoms with Gasteiger partial charge in [0.1, 0.15) is 0 Å². The maximum atomic E-state index is 5.12. The number of ether oxygens (including phenoxy) is 1. The summed E-state index contributed by atoms with van der Waals surface area (Å²) in [6.45, 7) is 9.29. The van der Waals surface area contributed by atoms with Crippen LogP contribution in [-0.2, 0) is 4.74 Å². The van der Waals surface area contributed by atoms with Crippen LogP contribution < -0.4 is 0 Å². The number of rotatable bonds is 5. The molecule has 3 heteroatoms. The van der Waals surface area contributed by atoms with Gasteiger partial charge < -0.3 is 4.74 Å². The van der Waals surface area contributed by atoms with Crippen molar-refractivity contribution in [3.63, 3.8) is 0 Å². The van der Waals surface area contributed by atoms with E-state index < -0.39 is 0 Å². The second-order valence-electron chi connectivity index (χ2n) is 4.90. The Morgan fingerprint density at radius 2 is 1.80 bits per heavy atom. The molecule has 0 N–H and O–H groups in total. The molecule has 0 aromatic heterocycles. The van der Waals surface area contributed by atoms with Crippen molar-refractivity contribution in [1.82, 2.24) is 9.80 Å². The van der Waals surface area contributed by atoms with Gasteiger partial charge in [-0.05, 0) is 19.3 Å². The first kappa shape index (κ1) is 11.4. The first-order chi connectivity index (χ1) is 7.30. The quantitative estimate of drug-likeness (QED) is 0.681. The van der Waals surface area contributed by atoms with E-state index in [1.165, 1.54) is 45.4 Å². The molecule has 0 aromatic carbocycles. The zero-order valence-electron chi connectivity index (χ0n) is 10.2. The Balaban J connectivity index is 1.72. The number of hydrogen-bond donors (Lipinski definition) is 0. The number of piperazine rings is 1. The van der Waals surface area contributed by atoms with Crippen LogP contribution >= 0.6 is 0 Å². The average Bonchev–Trinajstić information content (AvgIpc) is 3.08. The highest BCUT2D eigenvalue weighted by Gasteiger charge is 2.46. The summed E-state index contributed by atoms with van der Waals surface area (Å²) in [6.07, 6.45) is 4.20. The fourth-order valence-corrected chi connectivity index (χ4v) is 2.70. The summed E-state index contributed by atoms with van der Waals surface area (Å²) < 4.78 is 5.12. The molecule has 0 unspecified atom stereocenters. The van der Waals surface area contributed by atoms with Crippen LogP contribution in [0.2, 0.25) is 0 Å². The normalized spacial score (nSPS) is 26.8. The van der Waals surface area contributed by atoms with E-state index in [4.69, 9.17) is 4.74 Å². The smallest absolute Gasteiger partial charge is 0.0589 e. The lowest BCUT2D eigenvalue weighted by Gasteiger charge is -2.39. The highest BCUT2D eigenvalue weighted by molar-refractivity contribution is 5.03. The topological polar surface area (TPSA) is 15.7 Å². The monoisotopic (exact) mass is 212 g/mol. The van der Waals surface area contributed by atoms with Crippen molar-refractivity contribution in [2.75, 3.05) is 46.4 Å². The van der Waals surface area contributed by atoms with Crippen molar-refractivity contribution in [1.29, 1.82) is 0 Å². The molecule has 1 saturated heterocycles. The van der Waals surface area contributed by atoms with Gasteiger partial charge >= 0.3 is 0 Å². The molecule has 1 heterocycles. The molecule has 3 nitrogen and oxygen atoms in total. The van der Waals surface area contributed by atoms with E-state index in [0.29, 0.717) is 5.54 Å². The van der Waals surface area contributed by atoms with E-state index in [2.05, 4.69) is 16.7 Å². The minimum atomic E-state index is 0.618. The Morgan fingerprint density at radius 3 is 2.27 bits per heavy atom. The fourth-order valence-electron chi connectivity index (χ4n) is 2.70.